The van der Waals surface area contributed by atoms with Gasteiger partial charge in [-0.3, -0.25) is 0 Å². The summed E-state index contributed by atoms with van der Waals surface area (Å²) in [5.74, 6) is 0.172. The van der Waals surface area contributed by atoms with E-state index in [0.717, 1.165) is 12.0 Å². The highest BCUT2D eigenvalue weighted by Crippen LogP contribution is 2.32. The first-order valence-corrected chi connectivity index (χ1v) is 12.2. The number of nitrogen functional groups attached to an aromatic ring is 2. The van der Waals surface area contributed by atoms with Gasteiger partial charge in [0.2, 0.25) is 0 Å². The van der Waals surface area contributed by atoms with E-state index in [4.69, 9.17) is 39.4 Å². The summed E-state index contributed by atoms with van der Waals surface area (Å²) in [6, 6.07) is 9.98. The maximum atomic E-state index is 12.3. The van der Waals surface area contributed by atoms with Crippen LogP contribution in [-0.2, 0) is 9.47 Å². The topological polar surface area (TPSA) is 139 Å². The number of amides is 1. The number of aromatic nitrogens is 3. The molecule has 1 fully saturated rings. The van der Waals surface area contributed by atoms with E-state index in [-0.39, 0.29) is 19.6 Å². The van der Waals surface area contributed by atoms with Crippen LogP contribution in [-0.4, -0.2) is 57.5 Å². The average molecular weight is 566 g/mol. The van der Waals surface area contributed by atoms with E-state index in [9.17, 15) is 9.59 Å². The minimum absolute atomic E-state index is 0. The van der Waals surface area contributed by atoms with E-state index < -0.39 is 11.6 Å². The van der Waals surface area contributed by atoms with Gasteiger partial charge in [-0.1, -0.05) is 30.6 Å². The number of hydrogen-bond acceptors (Lipinski definition) is 8. The summed E-state index contributed by atoms with van der Waals surface area (Å²) in [4.78, 5) is 25.0. The summed E-state index contributed by atoms with van der Waals surface area (Å²) in [6.45, 7) is 6.75. The van der Waals surface area contributed by atoms with Crippen molar-refractivity contribution in [2.24, 2.45) is 0 Å². The zero-order valence-corrected chi connectivity index (χ0v) is 22.6. The SMILES string of the molecule is C.CC(C)(C)OC(=O)N1CCC(n2cnnc2-c2cc(Cl)ccc2N)C1.COC(=O)c1cc(Cl)ccc1N. The van der Waals surface area contributed by atoms with Crippen LogP contribution in [0.1, 0.15) is 51.0 Å². The Hall–Kier alpha value is -3.50. The highest BCUT2D eigenvalue weighted by atomic mass is 35.5. The van der Waals surface area contributed by atoms with E-state index >= 15 is 0 Å². The fourth-order valence-electron chi connectivity index (χ4n) is 3.70. The molecule has 1 aliphatic rings. The third kappa shape index (κ3) is 7.75. The standard InChI is InChI=1S/C17H22ClN5O2.C8H8ClNO2.CH4/c1-17(2,3)25-16(24)22-7-6-12(9-22)23-10-20-21-15(23)13-8-11(18)4-5-14(13)19;1-12-8(11)6-4-5(9)2-3-7(6)10;/h4-5,8,10,12H,6-7,9,19H2,1-3H3;2-4H,10H2,1H3;1H4. The number of halogens is 2. The first-order chi connectivity index (χ1) is 17.4. The van der Waals surface area contributed by atoms with Crippen molar-refractivity contribution < 1.29 is 19.1 Å². The normalized spacial score (nSPS) is 14.7. The number of esters is 1. The molecule has 1 aliphatic heterocycles. The van der Waals surface area contributed by atoms with Crippen LogP contribution in [0.3, 0.4) is 0 Å². The Morgan fingerprint density at radius 1 is 1.05 bits per heavy atom. The van der Waals surface area contributed by atoms with Crippen LogP contribution in [0.25, 0.3) is 11.4 Å². The van der Waals surface area contributed by atoms with Gasteiger partial charge in [0.1, 0.15) is 11.9 Å². The van der Waals surface area contributed by atoms with Crippen molar-refractivity contribution in [2.45, 2.75) is 46.3 Å². The molecule has 1 saturated heterocycles. The number of benzene rings is 2. The largest absolute Gasteiger partial charge is 0.465 e. The average Bonchev–Trinajstić information content (AvgIpc) is 3.51. The van der Waals surface area contributed by atoms with Crippen molar-refractivity contribution in [3.63, 3.8) is 0 Å². The molecule has 206 valence electrons. The summed E-state index contributed by atoms with van der Waals surface area (Å²) < 4.78 is 11.9. The van der Waals surface area contributed by atoms with Gasteiger partial charge in [-0.15, -0.1) is 10.2 Å². The number of anilines is 2. The lowest BCUT2D eigenvalue weighted by Crippen LogP contribution is -2.35. The van der Waals surface area contributed by atoms with E-state index in [0.29, 0.717) is 45.9 Å². The number of ether oxygens (including phenoxy) is 2. The molecule has 0 spiro atoms. The number of carbonyl (C=O) groups is 2. The molecule has 1 atom stereocenters. The maximum Gasteiger partial charge on any atom is 0.410 e. The molecule has 1 amide bonds. The van der Waals surface area contributed by atoms with Crippen molar-refractivity contribution >= 4 is 46.6 Å². The number of nitrogens with two attached hydrogens (primary N) is 2. The second kappa shape index (κ2) is 12.8. The van der Waals surface area contributed by atoms with Gasteiger partial charge in [0.05, 0.1) is 18.7 Å². The summed E-state index contributed by atoms with van der Waals surface area (Å²) >= 11 is 11.7. The second-order valence-corrected chi connectivity index (χ2v) is 10.3. The summed E-state index contributed by atoms with van der Waals surface area (Å²) in [7, 11) is 1.29. The van der Waals surface area contributed by atoms with Gasteiger partial charge >= 0.3 is 12.1 Å². The van der Waals surface area contributed by atoms with Crippen LogP contribution in [0.5, 0.6) is 0 Å². The fourth-order valence-corrected chi connectivity index (χ4v) is 4.05. The molecule has 0 aliphatic carbocycles. The Morgan fingerprint density at radius 2 is 1.68 bits per heavy atom. The Kier molecular flexibility index (Phi) is 10.4. The fraction of sp³-hybridized carbons (Fsp3) is 0.385. The Bertz CT molecular complexity index is 1270. The number of methoxy groups -OCH3 is 1. The molecule has 38 heavy (non-hydrogen) atoms. The molecule has 4 N–H and O–H groups in total. The molecule has 1 unspecified atom stereocenters. The molecule has 2 aromatic carbocycles. The number of hydrogen-bond donors (Lipinski definition) is 2. The van der Waals surface area contributed by atoms with Crippen molar-refractivity contribution in [1.82, 2.24) is 19.7 Å². The summed E-state index contributed by atoms with van der Waals surface area (Å²) in [5.41, 5.74) is 13.1. The monoisotopic (exact) mass is 564 g/mol. The van der Waals surface area contributed by atoms with E-state index in [2.05, 4.69) is 14.9 Å². The first kappa shape index (κ1) is 30.7. The third-order valence-electron chi connectivity index (χ3n) is 5.46. The lowest BCUT2D eigenvalue weighted by atomic mass is 10.1. The van der Waals surface area contributed by atoms with Gasteiger partial charge in [0.15, 0.2) is 5.82 Å². The third-order valence-corrected chi connectivity index (χ3v) is 5.93. The molecular formula is C26H34Cl2N6O4. The maximum absolute atomic E-state index is 12.3. The van der Waals surface area contributed by atoms with Crippen LogP contribution < -0.4 is 11.5 Å². The number of nitrogens with zero attached hydrogens (tertiary/aromatic N) is 4. The molecule has 0 bridgehead atoms. The molecule has 4 rings (SSSR count). The molecule has 1 aromatic heterocycles. The number of carbonyl (C=O) groups excluding carboxylic acids is 2. The molecular weight excluding hydrogens is 531 g/mol. The molecule has 0 radical (unpaired) electrons. The van der Waals surface area contributed by atoms with E-state index in [1.807, 2.05) is 25.3 Å². The van der Waals surface area contributed by atoms with Crippen molar-refractivity contribution in [3.05, 3.63) is 58.3 Å². The van der Waals surface area contributed by atoms with Crippen LogP contribution in [0, 0.1) is 0 Å². The second-order valence-electron chi connectivity index (χ2n) is 9.39. The molecule has 3 aromatic rings. The van der Waals surface area contributed by atoms with Gasteiger partial charge in [0.25, 0.3) is 0 Å². The highest BCUT2D eigenvalue weighted by molar-refractivity contribution is 6.31. The van der Waals surface area contributed by atoms with E-state index in [1.54, 1.807) is 41.6 Å². The quantitative estimate of drug-likeness (QED) is 0.304. The molecule has 10 nitrogen and oxygen atoms in total. The van der Waals surface area contributed by atoms with Crippen LogP contribution >= 0.6 is 23.2 Å². The zero-order valence-electron chi connectivity index (χ0n) is 21.1. The molecule has 0 saturated carbocycles. The van der Waals surface area contributed by atoms with Gasteiger partial charge in [-0.2, -0.15) is 0 Å². The van der Waals surface area contributed by atoms with Crippen molar-refractivity contribution in [1.29, 1.82) is 0 Å². The lowest BCUT2D eigenvalue weighted by molar-refractivity contribution is 0.0289. The molecule has 12 heteroatoms. The minimum Gasteiger partial charge on any atom is -0.465 e. The predicted octanol–water partition coefficient (Wildman–Crippen LogP) is 5.71. The van der Waals surface area contributed by atoms with Gasteiger partial charge in [-0.25, -0.2) is 9.59 Å². The van der Waals surface area contributed by atoms with Crippen LogP contribution in [0.15, 0.2) is 42.7 Å². The van der Waals surface area contributed by atoms with Gasteiger partial charge in [-0.05, 0) is 63.6 Å². The summed E-state index contributed by atoms with van der Waals surface area (Å²) in [5, 5.41) is 9.27. The zero-order chi connectivity index (χ0) is 27.3. The van der Waals surface area contributed by atoms with Crippen molar-refractivity contribution in [2.75, 3.05) is 31.7 Å². The first-order valence-electron chi connectivity index (χ1n) is 11.5. The molecule has 2 heterocycles. The van der Waals surface area contributed by atoms with E-state index in [1.165, 1.54) is 13.2 Å². The predicted molar refractivity (Wildman–Crippen MR) is 150 cm³/mol. The Labute approximate surface area is 232 Å². The summed E-state index contributed by atoms with van der Waals surface area (Å²) in [6.07, 6.45) is 2.16. The Morgan fingerprint density at radius 3 is 2.32 bits per heavy atom. The van der Waals surface area contributed by atoms with Crippen molar-refractivity contribution in [3.8, 4) is 11.4 Å². The number of rotatable bonds is 3. The number of likely N-dealkylation sites (tertiary alicyclic amines) is 1. The lowest BCUT2D eigenvalue weighted by Gasteiger charge is -2.24. The van der Waals surface area contributed by atoms with Gasteiger partial charge < -0.3 is 30.4 Å². The Balaban J connectivity index is 0.000000330. The van der Waals surface area contributed by atoms with Crippen LogP contribution in [0.2, 0.25) is 10.0 Å². The van der Waals surface area contributed by atoms with Crippen LogP contribution in [0.4, 0.5) is 16.2 Å². The highest BCUT2D eigenvalue weighted by Gasteiger charge is 2.32. The van der Waals surface area contributed by atoms with Gasteiger partial charge in [0, 0.05) is 40.1 Å². The minimum atomic E-state index is -0.508. The smallest absolute Gasteiger partial charge is 0.410 e.